The van der Waals surface area contributed by atoms with Crippen molar-refractivity contribution in [2.75, 3.05) is 13.1 Å². The molecule has 2 N–H and O–H groups in total. The average molecular weight is 337 g/mol. The highest BCUT2D eigenvalue weighted by atomic mass is 16.1. The summed E-state index contributed by atoms with van der Waals surface area (Å²) in [6.07, 6.45) is 13.6. The van der Waals surface area contributed by atoms with Crippen molar-refractivity contribution in [1.29, 1.82) is 0 Å². The first-order valence-electron chi connectivity index (χ1n) is 8.63. The molecule has 1 aliphatic rings. The lowest BCUT2D eigenvalue weighted by atomic mass is 9.87. The molecule has 25 heavy (non-hydrogen) atoms. The fourth-order valence-corrected chi connectivity index (χ4v) is 3.24. The van der Waals surface area contributed by atoms with Crippen molar-refractivity contribution < 1.29 is 4.79 Å². The van der Waals surface area contributed by atoms with Gasteiger partial charge in [0.05, 0.1) is 23.4 Å². The summed E-state index contributed by atoms with van der Waals surface area (Å²) in [6.45, 7) is 4.44. The molecule has 0 aromatic carbocycles. The first kappa shape index (κ1) is 17.2. The molecule has 2 atom stereocenters. The van der Waals surface area contributed by atoms with Gasteiger partial charge in [0.15, 0.2) is 5.65 Å². The zero-order valence-corrected chi connectivity index (χ0v) is 14.4. The van der Waals surface area contributed by atoms with Crippen LogP contribution in [0.1, 0.15) is 37.9 Å². The van der Waals surface area contributed by atoms with Crippen LogP contribution in [0.3, 0.4) is 0 Å². The number of imidazole rings is 1. The molecule has 1 aliphatic heterocycles. The van der Waals surface area contributed by atoms with E-state index in [1.54, 1.807) is 0 Å². The van der Waals surface area contributed by atoms with Crippen molar-refractivity contribution in [3.05, 3.63) is 30.5 Å². The van der Waals surface area contributed by atoms with Gasteiger partial charge in [-0.05, 0) is 24.9 Å². The minimum absolute atomic E-state index is 0.469. The van der Waals surface area contributed by atoms with E-state index in [9.17, 15) is 4.79 Å². The van der Waals surface area contributed by atoms with Gasteiger partial charge in [-0.2, -0.15) is 0 Å². The van der Waals surface area contributed by atoms with Gasteiger partial charge in [-0.15, -0.1) is 12.3 Å². The van der Waals surface area contributed by atoms with Gasteiger partial charge < -0.3 is 15.1 Å². The van der Waals surface area contributed by atoms with E-state index in [1.165, 1.54) is 6.42 Å². The number of hydrogen-bond donors (Lipinski definition) is 2. The number of H-pyrrole nitrogens is 1. The molecule has 6 nitrogen and oxygen atoms in total. The maximum absolute atomic E-state index is 9.47. The zero-order chi connectivity index (χ0) is 17.6. The molecule has 0 bridgehead atoms. The fraction of sp³-hybridized carbons (Fsp3) is 0.421. The number of aromatic nitrogens is 4. The number of unbranched alkanes of at least 4 members (excludes halogenated alkanes) is 1. The molecule has 3 aromatic rings. The largest absolute Gasteiger partial charge is 0.345 e. The van der Waals surface area contributed by atoms with Crippen LogP contribution in [0.15, 0.2) is 24.7 Å². The fourth-order valence-electron chi connectivity index (χ4n) is 3.24. The molecule has 130 valence electrons. The summed E-state index contributed by atoms with van der Waals surface area (Å²) in [6, 6.07) is 2.07. The summed E-state index contributed by atoms with van der Waals surface area (Å²) in [4.78, 5) is 21.7. The zero-order valence-electron chi connectivity index (χ0n) is 14.4. The minimum atomic E-state index is 0.469. The molecule has 0 unspecified atom stereocenters. The van der Waals surface area contributed by atoms with Gasteiger partial charge in [0, 0.05) is 31.5 Å². The molecule has 0 aliphatic carbocycles. The van der Waals surface area contributed by atoms with Crippen LogP contribution in [0.2, 0.25) is 0 Å². The van der Waals surface area contributed by atoms with Crippen molar-refractivity contribution in [2.24, 2.45) is 5.92 Å². The summed E-state index contributed by atoms with van der Waals surface area (Å²) in [5.41, 5.74) is 3.10. The van der Waals surface area contributed by atoms with Crippen LogP contribution in [-0.4, -0.2) is 38.7 Å². The Bertz CT molecular complexity index is 888. The quantitative estimate of drug-likeness (QED) is 0.437. The predicted octanol–water partition coefficient (Wildman–Crippen LogP) is 2.52. The van der Waals surface area contributed by atoms with Gasteiger partial charge in [0.1, 0.15) is 12.1 Å². The first-order valence-corrected chi connectivity index (χ1v) is 8.63. The third-order valence-electron chi connectivity index (χ3n) is 4.65. The van der Waals surface area contributed by atoms with E-state index in [4.69, 9.17) is 6.42 Å². The Morgan fingerprint density at radius 1 is 1.44 bits per heavy atom. The molecule has 0 radical (unpaired) electrons. The molecule has 6 heteroatoms. The third-order valence-corrected chi connectivity index (χ3v) is 4.65. The monoisotopic (exact) mass is 337 g/mol. The molecular weight excluding hydrogens is 314 g/mol. The van der Waals surface area contributed by atoms with Crippen LogP contribution >= 0.6 is 0 Å². The van der Waals surface area contributed by atoms with Crippen LogP contribution in [0, 0.1) is 18.3 Å². The van der Waals surface area contributed by atoms with Gasteiger partial charge in [-0.1, -0.05) is 6.92 Å². The van der Waals surface area contributed by atoms with Gasteiger partial charge >= 0.3 is 0 Å². The van der Waals surface area contributed by atoms with Crippen LogP contribution in [0.25, 0.3) is 16.7 Å². The predicted molar refractivity (Wildman–Crippen MR) is 98.4 cm³/mol. The number of rotatable bonds is 3. The van der Waals surface area contributed by atoms with E-state index in [2.05, 4.69) is 43.6 Å². The molecular formula is C19H23N5O. The van der Waals surface area contributed by atoms with Crippen LogP contribution in [0.4, 0.5) is 0 Å². The summed E-state index contributed by atoms with van der Waals surface area (Å²) in [5, 5.41) is 3.48. The molecule has 1 saturated heterocycles. The minimum Gasteiger partial charge on any atom is -0.345 e. The summed E-state index contributed by atoms with van der Waals surface area (Å²) >= 11 is 0. The molecule has 4 heterocycles. The number of nitrogens with one attached hydrogen (secondary N) is 2. The highest BCUT2D eigenvalue weighted by Gasteiger charge is 2.26. The Balaban J connectivity index is 0.000000265. The maximum Gasteiger partial charge on any atom is 0.154 e. The third kappa shape index (κ3) is 3.57. The standard InChI is InChI=1S/C14H17N5.C5H6O/c1-9-2-4-15-8-11(9)14-18-7-10-6-17-13-12(19(10)14)3-5-16-13;1-2-3-4-5-6/h3,5-7,9,11,15-16H,2,4,8H2,1H3;1,5H,3-4H2/t9-,11+;/m1./s1. The highest BCUT2D eigenvalue weighted by Crippen LogP contribution is 2.29. The van der Waals surface area contributed by atoms with Crippen molar-refractivity contribution in [3.63, 3.8) is 0 Å². The van der Waals surface area contributed by atoms with E-state index >= 15 is 0 Å². The van der Waals surface area contributed by atoms with Gasteiger partial charge in [-0.25, -0.2) is 9.97 Å². The number of hydrogen-bond acceptors (Lipinski definition) is 4. The van der Waals surface area contributed by atoms with Gasteiger partial charge in [-0.3, -0.25) is 4.40 Å². The molecule has 4 rings (SSSR count). The SMILES string of the molecule is C#CCCC=O.C[C@@H]1CCNC[C@@H]1c1ncc2cnc3[nH]ccc3n12. The Morgan fingerprint density at radius 3 is 3.00 bits per heavy atom. The van der Waals surface area contributed by atoms with E-state index < -0.39 is 0 Å². The maximum atomic E-state index is 9.47. The lowest BCUT2D eigenvalue weighted by Crippen LogP contribution is -2.34. The number of fused-ring (bicyclic) bond motifs is 3. The second kappa shape index (κ2) is 7.95. The molecule has 0 amide bonds. The number of nitrogens with zero attached hydrogens (tertiary/aromatic N) is 3. The number of carbonyl (C=O) groups excluding carboxylic acids is 1. The van der Waals surface area contributed by atoms with E-state index in [0.29, 0.717) is 24.7 Å². The summed E-state index contributed by atoms with van der Waals surface area (Å²) < 4.78 is 2.24. The lowest BCUT2D eigenvalue weighted by Gasteiger charge is -2.28. The average Bonchev–Trinajstić information content (AvgIpc) is 3.27. The summed E-state index contributed by atoms with van der Waals surface area (Å²) in [7, 11) is 0. The Morgan fingerprint density at radius 2 is 2.28 bits per heavy atom. The van der Waals surface area contributed by atoms with Crippen LogP contribution in [-0.2, 0) is 4.79 Å². The first-order chi connectivity index (χ1) is 12.3. The normalized spacial score (nSPS) is 20.0. The topological polar surface area (TPSA) is 75.1 Å². The smallest absolute Gasteiger partial charge is 0.154 e. The second-order valence-corrected chi connectivity index (χ2v) is 6.33. The van der Waals surface area contributed by atoms with E-state index in [-0.39, 0.29) is 0 Å². The van der Waals surface area contributed by atoms with E-state index in [1.807, 2.05) is 18.6 Å². The van der Waals surface area contributed by atoms with E-state index in [0.717, 1.165) is 41.9 Å². The summed E-state index contributed by atoms with van der Waals surface area (Å²) in [5.74, 6) is 4.62. The Hall–Kier alpha value is -2.65. The van der Waals surface area contributed by atoms with Gasteiger partial charge in [0.2, 0.25) is 0 Å². The Labute approximate surface area is 147 Å². The number of carbonyl (C=O) groups is 1. The number of piperidine rings is 1. The van der Waals surface area contributed by atoms with Crippen LogP contribution < -0.4 is 5.32 Å². The van der Waals surface area contributed by atoms with Crippen molar-refractivity contribution in [1.82, 2.24) is 24.7 Å². The molecule has 0 spiro atoms. The number of aromatic amines is 1. The molecule has 0 saturated carbocycles. The van der Waals surface area contributed by atoms with Crippen molar-refractivity contribution in [2.45, 2.75) is 32.1 Å². The number of terminal acetylenes is 1. The van der Waals surface area contributed by atoms with Gasteiger partial charge in [0.25, 0.3) is 0 Å². The lowest BCUT2D eigenvalue weighted by molar-refractivity contribution is -0.107. The number of aldehydes is 1. The van der Waals surface area contributed by atoms with Crippen molar-refractivity contribution >= 4 is 23.0 Å². The Kier molecular flexibility index (Phi) is 5.46. The second-order valence-electron chi connectivity index (χ2n) is 6.33. The van der Waals surface area contributed by atoms with Crippen LogP contribution in [0.5, 0.6) is 0 Å². The van der Waals surface area contributed by atoms with Crippen molar-refractivity contribution in [3.8, 4) is 12.3 Å². The highest BCUT2D eigenvalue weighted by molar-refractivity contribution is 5.75. The molecule has 1 fully saturated rings. The molecule has 3 aromatic heterocycles.